The molecule has 0 aliphatic rings. The van der Waals surface area contributed by atoms with E-state index in [1.807, 2.05) is 19.1 Å². The van der Waals surface area contributed by atoms with Gasteiger partial charge in [-0.2, -0.15) is 5.10 Å². The van der Waals surface area contributed by atoms with Crippen LogP contribution < -0.4 is 10.2 Å². The number of ether oxygens (including phenoxy) is 1. The van der Waals surface area contributed by atoms with Crippen LogP contribution in [0.3, 0.4) is 0 Å². The lowest BCUT2D eigenvalue weighted by Crippen LogP contribution is -2.24. The highest BCUT2D eigenvalue weighted by molar-refractivity contribution is 9.10. The molecule has 0 atom stereocenters. The fraction of sp³-hybridized carbons (Fsp3) is 0.125. The van der Waals surface area contributed by atoms with Crippen LogP contribution in [0.1, 0.15) is 11.1 Å². The van der Waals surface area contributed by atoms with Crippen molar-refractivity contribution in [2.24, 2.45) is 5.10 Å². The fourth-order valence-electron chi connectivity index (χ4n) is 1.70. The topological polar surface area (TPSA) is 50.7 Å². The molecule has 7 heteroatoms. The van der Waals surface area contributed by atoms with Crippen molar-refractivity contribution in [3.05, 3.63) is 62.8 Å². The Balaban J connectivity index is 1.89. The van der Waals surface area contributed by atoms with E-state index in [2.05, 4.69) is 26.5 Å². The molecular formula is C16H13BrClFN2O2. The summed E-state index contributed by atoms with van der Waals surface area (Å²) < 4.78 is 19.6. The van der Waals surface area contributed by atoms with Crippen LogP contribution in [0.5, 0.6) is 5.75 Å². The van der Waals surface area contributed by atoms with Gasteiger partial charge in [-0.15, -0.1) is 0 Å². The van der Waals surface area contributed by atoms with Crippen molar-refractivity contribution in [2.75, 3.05) is 6.61 Å². The Morgan fingerprint density at radius 3 is 2.91 bits per heavy atom. The van der Waals surface area contributed by atoms with Crippen molar-refractivity contribution in [2.45, 2.75) is 6.92 Å². The standard InChI is InChI=1S/C16H13BrClFN2O2/c1-10-5-6-15(12(17)7-10)23-9-16(22)21-20-8-11-13(18)3-2-4-14(11)19/h2-8H,9H2,1H3,(H,21,22). The van der Waals surface area contributed by atoms with Crippen LogP contribution in [0.15, 0.2) is 46.0 Å². The number of carbonyl (C=O) groups excluding carboxylic acids is 1. The number of benzene rings is 2. The Bertz CT molecular complexity index is 733. The first-order chi connectivity index (χ1) is 11.0. The van der Waals surface area contributed by atoms with Crippen molar-refractivity contribution >= 4 is 39.7 Å². The van der Waals surface area contributed by atoms with E-state index < -0.39 is 11.7 Å². The van der Waals surface area contributed by atoms with Crippen LogP contribution in [0.2, 0.25) is 5.02 Å². The number of hydrogen-bond donors (Lipinski definition) is 1. The van der Waals surface area contributed by atoms with Crippen molar-refractivity contribution in [1.29, 1.82) is 0 Å². The molecule has 4 nitrogen and oxygen atoms in total. The maximum atomic E-state index is 13.5. The molecule has 0 saturated carbocycles. The molecule has 23 heavy (non-hydrogen) atoms. The summed E-state index contributed by atoms with van der Waals surface area (Å²) in [7, 11) is 0. The Morgan fingerprint density at radius 1 is 1.43 bits per heavy atom. The fourth-order valence-corrected chi connectivity index (χ4v) is 2.52. The highest BCUT2D eigenvalue weighted by Gasteiger charge is 2.06. The average molecular weight is 400 g/mol. The Morgan fingerprint density at radius 2 is 2.22 bits per heavy atom. The van der Waals surface area contributed by atoms with Crippen LogP contribution in [0.25, 0.3) is 0 Å². The molecule has 0 heterocycles. The number of halogens is 3. The minimum absolute atomic E-state index is 0.108. The largest absolute Gasteiger partial charge is 0.483 e. The Hall–Kier alpha value is -1.92. The van der Waals surface area contributed by atoms with Gasteiger partial charge in [-0.25, -0.2) is 9.82 Å². The summed E-state index contributed by atoms with van der Waals surface area (Å²) >= 11 is 9.20. The van der Waals surface area contributed by atoms with Crippen LogP contribution in [-0.2, 0) is 4.79 Å². The van der Waals surface area contributed by atoms with Gasteiger partial charge in [0.05, 0.1) is 15.7 Å². The second-order valence-electron chi connectivity index (χ2n) is 4.65. The second kappa shape index (κ2) is 8.08. The van der Waals surface area contributed by atoms with E-state index in [4.69, 9.17) is 16.3 Å². The molecule has 0 unspecified atom stereocenters. The van der Waals surface area contributed by atoms with Crippen LogP contribution in [0.4, 0.5) is 4.39 Å². The first-order valence-electron chi connectivity index (χ1n) is 6.62. The van der Waals surface area contributed by atoms with Crippen LogP contribution in [-0.4, -0.2) is 18.7 Å². The first kappa shape index (κ1) is 17.4. The molecule has 0 bridgehead atoms. The SMILES string of the molecule is Cc1ccc(OCC(=O)NN=Cc2c(F)cccc2Cl)c(Br)c1. The average Bonchev–Trinajstić information content (AvgIpc) is 2.49. The summed E-state index contributed by atoms with van der Waals surface area (Å²) in [4.78, 5) is 11.7. The highest BCUT2D eigenvalue weighted by atomic mass is 79.9. The number of hydrazone groups is 1. The number of rotatable bonds is 5. The van der Waals surface area contributed by atoms with E-state index in [-0.39, 0.29) is 17.2 Å². The smallest absolute Gasteiger partial charge is 0.277 e. The minimum atomic E-state index is -0.518. The van der Waals surface area contributed by atoms with E-state index in [0.29, 0.717) is 5.75 Å². The summed E-state index contributed by atoms with van der Waals surface area (Å²) in [6, 6.07) is 9.79. The number of nitrogens with one attached hydrogen (secondary N) is 1. The van der Waals surface area contributed by atoms with E-state index in [9.17, 15) is 9.18 Å². The third-order valence-electron chi connectivity index (χ3n) is 2.83. The van der Waals surface area contributed by atoms with Gasteiger partial charge < -0.3 is 4.74 Å². The maximum absolute atomic E-state index is 13.5. The molecule has 0 spiro atoms. The van der Waals surface area contributed by atoms with Gasteiger partial charge in [-0.1, -0.05) is 23.7 Å². The molecule has 0 saturated heterocycles. The summed E-state index contributed by atoms with van der Waals surface area (Å²) in [6.07, 6.45) is 1.15. The van der Waals surface area contributed by atoms with Crippen molar-refractivity contribution in [3.8, 4) is 5.75 Å². The molecule has 2 aromatic carbocycles. The van der Waals surface area contributed by atoms with Crippen molar-refractivity contribution in [3.63, 3.8) is 0 Å². The van der Waals surface area contributed by atoms with E-state index in [0.717, 1.165) is 16.3 Å². The zero-order valence-corrected chi connectivity index (χ0v) is 14.5. The minimum Gasteiger partial charge on any atom is -0.483 e. The first-order valence-corrected chi connectivity index (χ1v) is 7.79. The lowest BCUT2D eigenvalue weighted by atomic mass is 10.2. The monoisotopic (exact) mass is 398 g/mol. The molecule has 2 aromatic rings. The number of hydrogen-bond acceptors (Lipinski definition) is 3. The van der Waals surface area contributed by atoms with E-state index in [1.165, 1.54) is 18.2 Å². The second-order valence-corrected chi connectivity index (χ2v) is 5.91. The molecule has 0 aliphatic carbocycles. The third kappa shape index (κ3) is 5.04. The number of nitrogens with zero attached hydrogens (tertiary/aromatic N) is 1. The Kier molecular flexibility index (Phi) is 6.12. The summed E-state index contributed by atoms with van der Waals surface area (Å²) in [5, 5.41) is 3.88. The van der Waals surface area contributed by atoms with Gasteiger partial charge in [0.15, 0.2) is 6.61 Å². The predicted molar refractivity (Wildman–Crippen MR) is 91.5 cm³/mol. The van der Waals surface area contributed by atoms with E-state index in [1.54, 1.807) is 6.07 Å². The van der Waals surface area contributed by atoms with Gasteiger partial charge in [0.2, 0.25) is 0 Å². The van der Waals surface area contributed by atoms with Gasteiger partial charge >= 0.3 is 0 Å². The van der Waals surface area contributed by atoms with Crippen LogP contribution in [0, 0.1) is 12.7 Å². The lowest BCUT2D eigenvalue weighted by molar-refractivity contribution is -0.123. The van der Waals surface area contributed by atoms with Gasteiger partial charge in [0.25, 0.3) is 5.91 Å². The highest BCUT2D eigenvalue weighted by Crippen LogP contribution is 2.25. The molecule has 2 rings (SSSR count). The predicted octanol–water partition coefficient (Wildman–Crippen LogP) is 4.08. The zero-order chi connectivity index (χ0) is 16.8. The van der Waals surface area contributed by atoms with Gasteiger partial charge in [0, 0.05) is 5.56 Å². The quantitative estimate of drug-likeness (QED) is 0.608. The molecule has 0 fully saturated rings. The molecule has 1 amide bonds. The van der Waals surface area contributed by atoms with Gasteiger partial charge in [-0.3, -0.25) is 4.79 Å². The number of aryl methyl sites for hydroxylation is 1. The van der Waals surface area contributed by atoms with Crippen LogP contribution >= 0.6 is 27.5 Å². The maximum Gasteiger partial charge on any atom is 0.277 e. The van der Waals surface area contributed by atoms with Gasteiger partial charge in [0.1, 0.15) is 11.6 Å². The van der Waals surface area contributed by atoms with Crippen molar-refractivity contribution in [1.82, 2.24) is 5.43 Å². The summed E-state index contributed by atoms with van der Waals surface area (Å²) in [5.41, 5.74) is 3.43. The van der Waals surface area contributed by atoms with Gasteiger partial charge in [-0.05, 0) is 52.7 Å². The molecular weight excluding hydrogens is 387 g/mol. The van der Waals surface area contributed by atoms with Crippen molar-refractivity contribution < 1.29 is 13.9 Å². The zero-order valence-electron chi connectivity index (χ0n) is 12.1. The number of amides is 1. The lowest BCUT2D eigenvalue weighted by Gasteiger charge is -2.07. The molecule has 1 N–H and O–H groups in total. The molecule has 120 valence electrons. The number of carbonyl (C=O) groups is 1. The molecule has 0 aliphatic heterocycles. The normalized spacial score (nSPS) is 10.8. The molecule has 0 aromatic heterocycles. The third-order valence-corrected chi connectivity index (χ3v) is 3.78. The molecule has 0 radical (unpaired) electrons. The summed E-state index contributed by atoms with van der Waals surface area (Å²) in [5.74, 6) is -0.441. The Labute approximate surface area is 146 Å². The summed E-state index contributed by atoms with van der Waals surface area (Å²) in [6.45, 7) is 1.73. The van der Waals surface area contributed by atoms with E-state index >= 15 is 0 Å².